The van der Waals surface area contributed by atoms with Crippen LogP contribution in [-0.4, -0.2) is 25.8 Å². The Balaban J connectivity index is 1.75. The SMILES string of the molecule is Cc1cc(C)n(-c2cc(NC(=O)Nc3ccc(F)cc3F)ncn2)n1. The van der Waals surface area contributed by atoms with Crippen molar-refractivity contribution in [3.05, 3.63) is 59.7 Å². The van der Waals surface area contributed by atoms with E-state index in [1.54, 1.807) is 4.68 Å². The molecule has 1 aromatic carbocycles. The molecule has 0 saturated carbocycles. The predicted octanol–water partition coefficient (Wildman–Crippen LogP) is 3.20. The molecule has 3 rings (SSSR count). The first-order chi connectivity index (χ1) is 11.9. The maximum absolute atomic E-state index is 13.6. The maximum Gasteiger partial charge on any atom is 0.324 e. The number of nitrogens with zero attached hydrogens (tertiary/aromatic N) is 4. The van der Waals surface area contributed by atoms with Gasteiger partial charge in [0.25, 0.3) is 0 Å². The number of hydrogen-bond acceptors (Lipinski definition) is 4. The van der Waals surface area contributed by atoms with Gasteiger partial charge in [-0.2, -0.15) is 5.10 Å². The standard InChI is InChI=1S/C16H14F2N6O/c1-9-5-10(2)24(23-9)15-7-14(19-8-20-15)22-16(25)21-13-4-3-11(17)6-12(13)18/h3-8H,1-2H3,(H2,19,20,21,22,25). The molecule has 3 aromatic rings. The Morgan fingerprint density at radius 2 is 1.88 bits per heavy atom. The number of aromatic nitrogens is 4. The van der Waals surface area contributed by atoms with Gasteiger partial charge in [0, 0.05) is 17.8 Å². The molecule has 9 heteroatoms. The zero-order valence-corrected chi connectivity index (χ0v) is 13.4. The van der Waals surface area contributed by atoms with Crippen LogP contribution >= 0.6 is 0 Å². The highest BCUT2D eigenvalue weighted by Crippen LogP contribution is 2.16. The quantitative estimate of drug-likeness (QED) is 0.764. The zero-order valence-electron chi connectivity index (χ0n) is 13.4. The number of hydrogen-bond donors (Lipinski definition) is 2. The Hall–Kier alpha value is -3.36. The summed E-state index contributed by atoms with van der Waals surface area (Å²) in [6.07, 6.45) is 1.28. The fraction of sp³-hybridized carbons (Fsp3) is 0.125. The van der Waals surface area contributed by atoms with E-state index >= 15 is 0 Å². The lowest BCUT2D eigenvalue weighted by Gasteiger charge is -2.09. The van der Waals surface area contributed by atoms with Crippen molar-refractivity contribution in [2.24, 2.45) is 0 Å². The lowest BCUT2D eigenvalue weighted by Crippen LogP contribution is -2.21. The van der Waals surface area contributed by atoms with Crippen LogP contribution in [0.4, 0.5) is 25.1 Å². The van der Waals surface area contributed by atoms with Gasteiger partial charge in [0.1, 0.15) is 23.8 Å². The Labute approximate surface area is 141 Å². The lowest BCUT2D eigenvalue weighted by atomic mass is 10.3. The van der Waals surface area contributed by atoms with Crippen molar-refractivity contribution in [3.8, 4) is 5.82 Å². The van der Waals surface area contributed by atoms with Crippen molar-refractivity contribution in [2.75, 3.05) is 10.6 Å². The van der Waals surface area contributed by atoms with E-state index in [9.17, 15) is 13.6 Å². The van der Waals surface area contributed by atoms with Crippen LogP contribution in [0, 0.1) is 25.5 Å². The van der Waals surface area contributed by atoms with E-state index in [1.165, 1.54) is 12.4 Å². The molecular formula is C16H14F2N6O. The number of amides is 2. The van der Waals surface area contributed by atoms with Gasteiger partial charge in [0.15, 0.2) is 5.82 Å². The van der Waals surface area contributed by atoms with Gasteiger partial charge in [-0.1, -0.05) is 0 Å². The van der Waals surface area contributed by atoms with Gasteiger partial charge in [0.2, 0.25) is 0 Å². The largest absolute Gasteiger partial charge is 0.324 e. The number of rotatable bonds is 3. The Kier molecular flexibility index (Phi) is 4.38. The second-order valence-corrected chi connectivity index (χ2v) is 5.30. The molecule has 2 amide bonds. The normalized spacial score (nSPS) is 10.6. The molecule has 0 unspecified atom stereocenters. The molecule has 2 aromatic heterocycles. The number of anilines is 2. The summed E-state index contributed by atoms with van der Waals surface area (Å²) >= 11 is 0. The van der Waals surface area contributed by atoms with Crippen molar-refractivity contribution in [2.45, 2.75) is 13.8 Å². The van der Waals surface area contributed by atoms with E-state index in [0.717, 1.165) is 23.5 Å². The molecule has 0 spiro atoms. The van der Waals surface area contributed by atoms with Crippen LogP contribution in [0.15, 0.2) is 36.7 Å². The summed E-state index contributed by atoms with van der Waals surface area (Å²) in [5, 5.41) is 9.05. The van der Waals surface area contributed by atoms with Gasteiger partial charge in [-0.3, -0.25) is 5.32 Å². The van der Waals surface area contributed by atoms with Crippen LogP contribution in [0.2, 0.25) is 0 Å². The van der Waals surface area contributed by atoms with Crippen molar-refractivity contribution in [1.29, 1.82) is 0 Å². The average molecular weight is 344 g/mol. The molecule has 0 fully saturated rings. The number of carbonyl (C=O) groups is 1. The summed E-state index contributed by atoms with van der Waals surface area (Å²) in [5.74, 6) is -0.920. The first-order valence-corrected chi connectivity index (χ1v) is 7.31. The van der Waals surface area contributed by atoms with Gasteiger partial charge < -0.3 is 5.32 Å². The number of carbonyl (C=O) groups excluding carboxylic acids is 1. The molecule has 0 atom stereocenters. The van der Waals surface area contributed by atoms with Crippen LogP contribution < -0.4 is 10.6 Å². The van der Waals surface area contributed by atoms with Crippen LogP contribution in [0.5, 0.6) is 0 Å². The molecule has 0 aliphatic rings. The van der Waals surface area contributed by atoms with Gasteiger partial charge >= 0.3 is 6.03 Å². The van der Waals surface area contributed by atoms with Crippen molar-refractivity contribution in [3.63, 3.8) is 0 Å². The topological polar surface area (TPSA) is 84.7 Å². The first-order valence-electron chi connectivity index (χ1n) is 7.31. The van der Waals surface area contributed by atoms with Gasteiger partial charge in [0.05, 0.1) is 11.4 Å². The van der Waals surface area contributed by atoms with Gasteiger partial charge in [-0.15, -0.1) is 0 Å². The molecule has 0 radical (unpaired) electrons. The fourth-order valence-electron chi connectivity index (χ4n) is 2.25. The van der Waals surface area contributed by atoms with E-state index in [0.29, 0.717) is 11.9 Å². The summed E-state index contributed by atoms with van der Waals surface area (Å²) < 4.78 is 28.1. The summed E-state index contributed by atoms with van der Waals surface area (Å²) in [6.45, 7) is 3.73. The molecule has 0 aliphatic heterocycles. The zero-order chi connectivity index (χ0) is 18.0. The highest BCUT2D eigenvalue weighted by molar-refractivity contribution is 5.99. The molecule has 25 heavy (non-hydrogen) atoms. The van der Waals surface area contributed by atoms with Crippen molar-refractivity contribution in [1.82, 2.24) is 19.7 Å². The van der Waals surface area contributed by atoms with Gasteiger partial charge in [-0.05, 0) is 32.0 Å². The summed E-state index contributed by atoms with van der Waals surface area (Å²) in [5.41, 5.74) is 1.56. The summed E-state index contributed by atoms with van der Waals surface area (Å²) in [4.78, 5) is 20.0. The highest BCUT2D eigenvalue weighted by Gasteiger charge is 2.11. The summed E-state index contributed by atoms with van der Waals surface area (Å²) in [7, 11) is 0. The Bertz CT molecular complexity index is 940. The Morgan fingerprint density at radius 1 is 1.08 bits per heavy atom. The van der Waals surface area contributed by atoms with Crippen LogP contribution in [0.1, 0.15) is 11.4 Å². The molecule has 0 saturated heterocycles. The van der Waals surface area contributed by atoms with E-state index in [4.69, 9.17) is 0 Å². The van der Waals surface area contributed by atoms with Crippen LogP contribution in [0.25, 0.3) is 5.82 Å². The number of halogens is 2. The number of nitrogens with one attached hydrogen (secondary N) is 2. The predicted molar refractivity (Wildman–Crippen MR) is 87.6 cm³/mol. The Morgan fingerprint density at radius 3 is 2.56 bits per heavy atom. The lowest BCUT2D eigenvalue weighted by molar-refractivity contribution is 0.262. The summed E-state index contributed by atoms with van der Waals surface area (Å²) in [6, 6.07) is 5.56. The van der Waals surface area contributed by atoms with Crippen molar-refractivity contribution < 1.29 is 13.6 Å². The number of urea groups is 1. The fourth-order valence-corrected chi connectivity index (χ4v) is 2.25. The highest BCUT2D eigenvalue weighted by atomic mass is 19.1. The molecule has 0 bridgehead atoms. The molecule has 0 aliphatic carbocycles. The minimum Gasteiger partial charge on any atom is -0.305 e. The maximum atomic E-state index is 13.6. The molecular weight excluding hydrogens is 330 g/mol. The monoisotopic (exact) mass is 344 g/mol. The number of aryl methyl sites for hydroxylation is 2. The average Bonchev–Trinajstić information content (AvgIpc) is 2.89. The number of benzene rings is 1. The third-order valence-electron chi connectivity index (χ3n) is 3.30. The molecule has 128 valence electrons. The third-order valence-corrected chi connectivity index (χ3v) is 3.30. The van der Waals surface area contributed by atoms with E-state index in [2.05, 4.69) is 25.7 Å². The minimum absolute atomic E-state index is 0.147. The van der Waals surface area contributed by atoms with Gasteiger partial charge in [-0.25, -0.2) is 28.2 Å². The van der Waals surface area contributed by atoms with E-state index in [1.807, 2.05) is 19.9 Å². The van der Waals surface area contributed by atoms with E-state index < -0.39 is 17.7 Å². The molecule has 2 N–H and O–H groups in total. The smallest absolute Gasteiger partial charge is 0.305 e. The van der Waals surface area contributed by atoms with Crippen molar-refractivity contribution >= 4 is 17.5 Å². The van der Waals surface area contributed by atoms with Crippen LogP contribution in [-0.2, 0) is 0 Å². The van der Waals surface area contributed by atoms with E-state index in [-0.39, 0.29) is 11.5 Å². The second-order valence-electron chi connectivity index (χ2n) is 5.30. The molecule has 7 nitrogen and oxygen atoms in total. The first kappa shape index (κ1) is 16.5. The minimum atomic E-state index is -0.874. The third kappa shape index (κ3) is 3.77. The van der Waals surface area contributed by atoms with Crippen LogP contribution in [0.3, 0.4) is 0 Å². The molecule has 2 heterocycles. The second kappa shape index (κ2) is 6.63.